The lowest BCUT2D eigenvalue weighted by molar-refractivity contribution is 0.0705. The zero-order chi connectivity index (χ0) is 17.8. The van der Waals surface area contributed by atoms with E-state index < -0.39 is 0 Å². The number of aromatic nitrogens is 3. The lowest BCUT2D eigenvalue weighted by Crippen LogP contribution is -2.38. The second-order valence-electron chi connectivity index (χ2n) is 6.95. The molecule has 25 heavy (non-hydrogen) atoms. The molecule has 0 radical (unpaired) electrons. The topological polar surface area (TPSA) is 54.3 Å². The lowest BCUT2D eigenvalue weighted by Gasteiger charge is -2.31. The van der Waals surface area contributed by atoms with Gasteiger partial charge in [-0.25, -0.2) is 9.97 Å². The van der Waals surface area contributed by atoms with Gasteiger partial charge >= 0.3 is 0 Å². The Morgan fingerprint density at radius 2 is 2.12 bits per heavy atom. The highest BCUT2D eigenvalue weighted by Crippen LogP contribution is 2.28. The number of likely N-dealkylation sites (tertiary alicyclic amines) is 1. The zero-order valence-corrected chi connectivity index (χ0v) is 16.1. The van der Waals surface area contributed by atoms with Crippen LogP contribution >= 0.6 is 11.3 Å². The summed E-state index contributed by atoms with van der Waals surface area (Å²) in [6.45, 7) is 5.58. The van der Waals surface area contributed by atoms with Crippen LogP contribution in [0, 0.1) is 6.92 Å². The summed E-state index contributed by atoms with van der Waals surface area (Å²) in [6, 6.07) is 0. The van der Waals surface area contributed by atoms with Crippen LogP contribution in [0.15, 0.2) is 17.8 Å². The van der Waals surface area contributed by atoms with Gasteiger partial charge in [-0.2, -0.15) is 0 Å². The standard InChI is InChI=1S/C18H27N5OS/c1-14-20-16(13-25-14)18(24)23-10-5-15(6-11-23)17-19-7-12-22(17)9-4-8-21(2)3/h7,12-13,15H,4-6,8-11H2,1-3H3. The normalized spacial score (nSPS) is 15.9. The smallest absolute Gasteiger partial charge is 0.273 e. The molecule has 0 bridgehead atoms. The van der Waals surface area contributed by atoms with E-state index >= 15 is 0 Å². The summed E-state index contributed by atoms with van der Waals surface area (Å²) in [5, 5.41) is 2.80. The van der Waals surface area contributed by atoms with Crippen LogP contribution in [0.25, 0.3) is 0 Å². The summed E-state index contributed by atoms with van der Waals surface area (Å²) in [5.41, 5.74) is 0.589. The van der Waals surface area contributed by atoms with Crippen LogP contribution in [0.4, 0.5) is 0 Å². The third-order valence-corrected chi connectivity index (χ3v) is 5.51. The van der Waals surface area contributed by atoms with Crippen LogP contribution in [-0.4, -0.2) is 64.0 Å². The van der Waals surface area contributed by atoms with Crippen LogP contribution in [0.3, 0.4) is 0 Å². The van der Waals surface area contributed by atoms with E-state index in [1.807, 2.05) is 23.4 Å². The van der Waals surface area contributed by atoms with E-state index in [0.717, 1.165) is 50.4 Å². The first-order valence-corrected chi connectivity index (χ1v) is 9.79. The highest BCUT2D eigenvalue weighted by molar-refractivity contribution is 7.09. The molecule has 0 aliphatic carbocycles. The number of amides is 1. The van der Waals surface area contributed by atoms with Crippen molar-refractivity contribution in [3.05, 3.63) is 34.3 Å². The maximum absolute atomic E-state index is 12.5. The fourth-order valence-corrected chi connectivity index (χ4v) is 3.98. The molecule has 7 heteroatoms. The predicted molar refractivity (Wildman–Crippen MR) is 100 cm³/mol. The average molecular weight is 362 g/mol. The van der Waals surface area contributed by atoms with E-state index in [9.17, 15) is 4.79 Å². The van der Waals surface area contributed by atoms with Gasteiger partial charge in [0.25, 0.3) is 5.91 Å². The number of carbonyl (C=O) groups excluding carboxylic acids is 1. The molecule has 0 spiro atoms. The van der Waals surface area contributed by atoms with Gasteiger partial charge in [0.2, 0.25) is 0 Å². The van der Waals surface area contributed by atoms with Crippen molar-refractivity contribution in [3.63, 3.8) is 0 Å². The molecule has 0 saturated carbocycles. The van der Waals surface area contributed by atoms with Gasteiger partial charge in [0.1, 0.15) is 11.5 Å². The number of thiazole rings is 1. The Labute approximate surface area is 153 Å². The number of imidazole rings is 1. The van der Waals surface area contributed by atoms with E-state index in [2.05, 4.69) is 39.7 Å². The molecule has 3 heterocycles. The Morgan fingerprint density at radius 1 is 1.36 bits per heavy atom. The van der Waals surface area contributed by atoms with E-state index in [-0.39, 0.29) is 5.91 Å². The van der Waals surface area contributed by atoms with Crippen molar-refractivity contribution in [2.45, 2.75) is 38.6 Å². The van der Waals surface area contributed by atoms with E-state index in [0.29, 0.717) is 11.6 Å². The first kappa shape index (κ1) is 18.1. The SMILES string of the molecule is Cc1nc(C(=O)N2CCC(c3nccn3CCCN(C)C)CC2)cs1. The number of hydrogen-bond donors (Lipinski definition) is 0. The molecule has 1 amide bonds. The summed E-state index contributed by atoms with van der Waals surface area (Å²) < 4.78 is 2.29. The van der Waals surface area contributed by atoms with Gasteiger partial charge in [-0.05, 0) is 46.8 Å². The summed E-state index contributed by atoms with van der Waals surface area (Å²) in [5.74, 6) is 1.68. The van der Waals surface area contributed by atoms with Gasteiger partial charge in [-0.15, -0.1) is 11.3 Å². The third-order valence-electron chi connectivity index (χ3n) is 4.74. The number of aryl methyl sites for hydroxylation is 2. The molecular weight excluding hydrogens is 334 g/mol. The van der Waals surface area contributed by atoms with Crippen molar-refractivity contribution >= 4 is 17.2 Å². The third kappa shape index (κ3) is 4.46. The van der Waals surface area contributed by atoms with E-state index in [4.69, 9.17) is 0 Å². The number of piperidine rings is 1. The molecule has 1 fully saturated rings. The molecule has 2 aromatic rings. The Morgan fingerprint density at radius 3 is 2.76 bits per heavy atom. The molecule has 0 atom stereocenters. The van der Waals surface area contributed by atoms with Gasteiger partial charge in [0.15, 0.2) is 0 Å². The summed E-state index contributed by atoms with van der Waals surface area (Å²) >= 11 is 1.53. The Kier molecular flexibility index (Phi) is 5.86. The summed E-state index contributed by atoms with van der Waals surface area (Å²) in [4.78, 5) is 25.6. The second-order valence-corrected chi connectivity index (χ2v) is 8.02. The van der Waals surface area contributed by atoms with Crippen LogP contribution < -0.4 is 0 Å². The molecule has 0 unspecified atom stereocenters. The molecule has 1 aliphatic heterocycles. The number of rotatable bonds is 6. The largest absolute Gasteiger partial charge is 0.337 e. The van der Waals surface area contributed by atoms with Crippen molar-refractivity contribution in [1.29, 1.82) is 0 Å². The Balaban J connectivity index is 1.56. The van der Waals surface area contributed by atoms with Crippen molar-refractivity contribution < 1.29 is 4.79 Å². The maximum atomic E-state index is 12.5. The zero-order valence-electron chi connectivity index (χ0n) is 15.3. The van der Waals surface area contributed by atoms with Gasteiger partial charge in [0, 0.05) is 43.3 Å². The monoisotopic (exact) mass is 361 g/mol. The number of hydrogen-bond acceptors (Lipinski definition) is 5. The number of carbonyl (C=O) groups is 1. The quantitative estimate of drug-likeness (QED) is 0.794. The van der Waals surface area contributed by atoms with Crippen molar-refractivity contribution in [1.82, 2.24) is 24.3 Å². The van der Waals surface area contributed by atoms with Gasteiger partial charge in [0.05, 0.1) is 5.01 Å². The minimum atomic E-state index is 0.0668. The Bertz CT molecular complexity index is 700. The molecule has 1 aliphatic rings. The molecule has 3 rings (SSSR count). The molecule has 1 saturated heterocycles. The van der Waals surface area contributed by atoms with Crippen LogP contribution in [0.1, 0.15) is 46.5 Å². The molecule has 2 aromatic heterocycles. The maximum Gasteiger partial charge on any atom is 0.273 e. The van der Waals surface area contributed by atoms with E-state index in [1.165, 1.54) is 17.2 Å². The average Bonchev–Trinajstić information content (AvgIpc) is 3.23. The molecule has 6 nitrogen and oxygen atoms in total. The predicted octanol–water partition coefficient (Wildman–Crippen LogP) is 2.62. The fourth-order valence-electron chi connectivity index (χ4n) is 3.39. The lowest BCUT2D eigenvalue weighted by atomic mass is 9.95. The minimum Gasteiger partial charge on any atom is -0.337 e. The van der Waals surface area contributed by atoms with Crippen LogP contribution in [0.2, 0.25) is 0 Å². The molecule has 0 N–H and O–H groups in total. The van der Waals surface area contributed by atoms with Crippen LogP contribution in [0.5, 0.6) is 0 Å². The highest BCUT2D eigenvalue weighted by atomic mass is 32.1. The highest BCUT2D eigenvalue weighted by Gasteiger charge is 2.27. The Hall–Kier alpha value is -1.73. The number of nitrogens with zero attached hydrogens (tertiary/aromatic N) is 5. The van der Waals surface area contributed by atoms with Crippen LogP contribution in [-0.2, 0) is 6.54 Å². The fraction of sp³-hybridized carbons (Fsp3) is 0.611. The van der Waals surface area contributed by atoms with Crippen molar-refractivity contribution in [2.24, 2.45) is 0 Å². The molecule has 136 valence electrons. The first-order chi connectivity index (χ1) is 12.0. The van der Waals surface area contributed by atoms with E-state index in [1.54, 1.807) is 0 Å². The van der Waals surface area contributed by atoms with Gasteiger partial charge < -0.3 is 14.4 Å². The van der Waals surface area contributed by atoms with Crippen molar-refractivity contribution in [3.8, 4) is 0 Å². The van der Waals surface area contributed by atoms with Gasteiger partial charge in [-0.1, -0.05) is 0 Å². The second kappa shape index (κ2) is 8.10. The first-order valence-electron chi connectivity index (χ1n) is 8.91. The summed E-state index contributed by atoms with van der Waals surface area (Å²) in [7, 11) is 4.21. The van der Waals surface area contributed by atoms with Crippen molar-refractivity contribution in [2.75, 3.05) is 33.7 Å². The summed E-state index contributed by atoms with van der Waals surface area (Å²) in [6.07, 6.45) is 7.05. The molecule has 0 aromatic carbocycles. The van der Waals surface area contributed by atoms with Gasteiger partial charge in [-0.3, -0.25) is 4.79 Å². The molecular formula is C18H27N5OS. The minimum absolute atomic E-state index is 0.0668.